The fourth-order valence-electron chi connectivity index (χ4n) is 3.90. The maximum atomic E-state index is 12.3. The molecule has 0 aliphatic heterocycles. The Labute approximate surface area is 174 Å². The number of nitrogens with zero attached hydrogens (tertiary/aromatic N) is 3. The van der Waals surface area contributed by atoms with E-state index in [2.05, 4.69) is 48.3 Å². The van der Waals surface area contributed by atoms with Gasteiger partial charge in [-0.2, -0.15) is 0 Å². The number of hydrogen-bond acceptors (Lipinski definition) is 2. The molecule has 0 aliphatic carbocycles. The molecule has 5 rings (SSSR count). The van der Waals surface area contributed by atoms with Crippen LogP contribution in [0.5, 0.6) is 0 Å². The van der Waals surface area contributed by atoms with Gasteiger partial charge in [-0.05, 0) is 25.1 Å². The average molecular weight is 394 g/mol. The average Bonchev–Trinajstić information content (AvgIpc) is 3.31. The van der Waals surface area contributed by atoms with E-state index in [4.69, 9.17) is 4.98 Å². The minimum absolute atomic E-state index is 0.0353. The number of hydrogen-bond donors (Lipinski definition) is 1. The molecule has 30 heavy (non-hydrogen) atoms. The lowest BCUT2D eigenvalue weighted by Crippen LogP contribution is -2.19. The number of aromatic amines is 1. The topological polar surface area (TPSA) is 55.6 Å². The summed E-state index contributed by atoms with van der Waals surface area (Å²) in [7, 11) is 3.59. The van der Waals surface area contributed by atoms with Crippen molar-refractivity contribution in [3.05, 3.63) is 88.8 Å². The Morgan fingerprint density at radius 3 is 2.17 bits per heavy atom. The number of benzene rings is 3. The lowest BCUT2D eigenvalue weighted by Gasteiger charge is -2.03. The van der Waals surface area contributed by atoms with Gasteiger partial charge in [0, 0.05) is 30.8 Å². The summed E-state index contributed by atoms with van der Waals surface area (Å²) < 4.78 is 3.33. The van der Waals surface area contributed by atoms with E-state index in [0.717, 1.165) is 44.9 Å². The molecule has 2 heterocycles. The first kappa shape index (κ1) is 18.2. The second-order valence-electron chi connectivity index (χ2n) is 7.65. The minimum atomic E-state index is -0.0353. The van der Waals surface area contributed by atoms with Crippen molar-refractivity contribution in [1.29, 1.82) is 0 Å². The molecular formula is C25H22N4O. The van der Waals surface area contributed by atoms with Gasteiger partial charge in [0.2, 0.25) is 0 Å². The minimum Gasteiger partial charge on any atom is -0.337 e. The smallest absolute Gasteiger partial charge is 0.328 e. The number of aromatic nitrogens is 4. The van der Waals surface area contributed by atoms with E-state index in [0.29, 0.717) is 0 Å². The molecule has 0 atom stereocenters. The lowest BCUT2D eigenvalue weighted by atomic mass is 10.0. The number of nitrogens with one attached hydrogen (secondary N) is 1. The molecular weight excluding hydrogens is 372 g/mol. The second kappa shape index (κ2) is 6.88. The van der Waals surface area contributed by atoms with Crippen LogP contribution in [0.1, 0.15) is 5.56 Å². The summed E-state index contributed by atoms with van der Waals surface area (Å²) in [6, 6.07) is 24.6. The van der Waals surface area contributed by atoms with Crippen LogP contribution in [-0.4, -0.2) is 19.1 Å². The van der Waals surface area contributed by atoms with Crippen LogP contribution in [0.15, 0.2) is 77.6 Å². The summed E-state index contributed by atoms with van der Waals surface area (Å²) in [6.07, 6.45) is 0. The molecule has 0 saturated heterocycles. The van der Waals surface area contributed by atoms with Gasteiger partial charge < -0.3 is 4.98 Å². The number of aryl methyl sites for hydroxylation is 3. The predicted octanol–water partition coefficient (Wildman–Crippen LogP) is 4.91. The van der Waals surface area contributed by atoms with Crippen molar-refractivity contribution < 1.29 is 0 Å². The SMILES string of the molecule is Cc1ccc(-c2[nH]c(-c3ccc4c(c3)n(C)c(=O)n4C)nc2-c2ccccc2)cc1. The zero-order valence-electron chi connectivity index (χ0n) is 17.2. The highest BCUT2D eigenvalue weighted by Crippen LogP contribution is 2.33. The van der Waals surface area contributed by atoms with Crippen LogP contribution in [0, 0.1) is 6.92 Å². The third kappa shape index (κ3) is 2.87. The highest BCUT2D eigenvalue weighted by atomic mass is 16.1. The van der Waals surface area contributed by atoms with Gasteiger partial charge in [0.15, 0.2) is 0 Å². The molecule has 5 heteroatoms. The van der Waals surface area contributed by atoms with Crippen molar-refractivity contribution in [3.63, 3.8) is 0 Å². The van der Waals surface area contributed by atoms with E-state index < -0.39 is 0 Å². The molecule has 1 N–H and O–H groups in total. The van der Waals surface area contributed by atoms with Crippen molar-refractivity contribution in [2.75, 3.05) is 0 Å². The molecule has 0 radical (unpaired) electrons. The summed E-state index contributed by atoms with van der Waals surface area (Å²) in [6.45, 7) is 2.08. The Kier molecular flexibility index (Phi) is 4.17. The quantitative estimate of drug-likeness (QED) is 0.473. The number of rotatable bonds is 3. The van der Waals surface area contributed by atoms with Crippen molar-refractivity contribution >= 4 is 11.0 Å². The Morgan fingerprint density at radius 1 is 0.767 bits per heavy atom. The molecule has 0 spiro atoms. The van der Waals surface area contributed by atoms with E-state index in [1.165, 1.54) is 5.56 Å². The Balaban J connectivity index is 1.72. The molecule has 0 unspecified atom stereocenters. The van der Waals surface area contributed by atoms with Crippen LogP contribution in [-0.2, 0) is 14.1 Å². The normalized spacial score (nSPS) is 11.3. The van der Waals surface area contributed by atoms with Gasteiger partial charge in [-0.15, -0.1) is 0 Å². The van der Waals surface area contributed by atoms with Crippen molar-refractivity contribution in [2.45, 2.75) is 6.92 Å². The van der Waals surface area contributed by atoms with Gasteiger partial charge in [-0.1, -0.05) is 60.2 Å². The summed E-state index contributed by atoms with van der Waals surface area (Å²) >= 11 is 0. The number of imidazole rings is 2. The summed E-state index contributed by atoms with van der Waals surface area (Å²) in [5.74, 6) is 0.780. The first-order valence-electron chi connectivity index (χ1n) is 9.91. The van der Waals surface area contributed by atoms with Gasteiger partial charge in [0.25, 0.3) is 0 Å². The third-order valence-electron chi connectivity index (χ3n) is 5.64. The lowest BCUT2D eigenvalue weighted by molar-refractivity contribution is 0.795. The first-order chi connectivity index (χ1) is 14.5. The molecule has 0 fully saturated rings. The molecule has 0 saturated carbocycles. The van der Waals surface area contributed by atoms with E-state index in [-0.39, 0.29) is 5.69 Å². The molecule has 0 amide bonds. The molecule has 0 aliphatic rings. The van der Waals surface area contributed by atoms with Crippen LogP contribution in [0.2, 0.25) is 0 Å². The molecule has 2 aromatic heterocycles. The largest absolute Gasteiger partial charge is 0.337 e. The molecule has 3 aromatic carbocycles. The fourth-order valence-corrected chi connectivity index (χ4v) is 3.90. The van der Waals surface area contributed by atoms with E-state index in [9.17, 15) is 4.79 Å². The molecule has 5 aromatic rings. The highest BCUT2D eigenvalue weighted by Gasteiger charge is 2.16. The van der Waals surface area contributed by atoms with Gasteiger partial charge in [-0.3, -0.25) is 9.13 Å². The summed E-state index contributed by atoms with van der Waals surface area (Å²) in [5, 5.41) is 0. The zero-order chi connectivity index (χ0) is 20.8. The van der Waals surface area contributed by atoms with Crippen LogP contribution < -0.4 is 5.69 Å². The van der Waals surface area contributed by atoms with E-state index in [1.54, 1.807) is 23.2 Å². The zero-order valence-corrected chi connectivity index (χ0v) is 17.2. The molecule has 0 bridgehead atoms. The molecule has 148 valence electrons. The Hall–Kier alpha value is -3.86. The van der Waals surface area contributed by atoms with Gasteiger partial charge in [-0.25, -0.2) is 9.78 Å². The maximum Gasteiger partial charge on any atom is 0.328 e. The van der Waals surface area contributed by atoms with Crippen LogP contribution in [0.25, 0.3) is 44.9 Å². The Bertz CT molecular complexity index is 1420. The molecule has 5 nitrogen and oxygen atoms in total. The van der Waals surface area contributed by atoms with Gasteiger partial charge in [0.1, 0.15) is 5.82 Å². The fraction of sp³-hybridized carbons (Fsp3) is 0.120. The maximum absolute atomic E-state index is 12.3. The van der Waals surface area contributed by atoms with Crippen LogP contribution >= 0.6 is 0 Å². The third-order valence-corrected chi connectivity index (χ3v) is 5.64. The summed E-state index contributed by atoms with van der Waals surface area (Å²) in [4.78, 5) is 20.8. The second-order valence-corrected chi connectivity index (χ2v) is 7.65. The predicted molar refractivity (Wildman–Crippen MR) is 121 cm³/mol. The standard InChI is InChI=1S/C25H22N4O/c1-16-9-11-18(12-10-16)23-22(17-7-5-4-6-8-17)26-24(27-23)19-13-14-20-21(15-19)29(3)25(30)28(20)2/h4-15H,1-3H3,(H,26,27). The van der Waals surface area contributed by atoms with Crippen molar-refractivity contribution in [1.82, 2.24) is 19.1 Å². The Morgan fingerprint density at radius 2 is 1.43 bits per heavy atom. The highest BCUT2D eigenvalue weighted by molar-refractivity contribution is 5.85. The number of fused-ring (bicyclic) bond motifs is 1. The van der Waals surface area contributed by atoms with E-state index in [1.807, 2.05) is 36.4 Å². The van der Waals surface area contributed by atoms with Crippen LogP contribution in [0.3, 0.4) is 0 Å². The summed E-state index contributed by atoms with van der Waals surface area (Å²) in [5.41, 5.74) is 7.96. The van der Waals surface area contributed by atoms with E-state index >= 15 is 0 Å². The van der Waals surface area contributed by atoms with Crippen molar-refractivity contribution in [3.8, 4) is 33.9 Å². The number of H-pyrrole nitrogens is 1. The first-order valence-corrected chi connectivity index (χ1v) is 9.91. The van der Waals surface area contributed by atoms with Gasteiger partial charge in [0.05, 0.1) is 22.4 Å². The van der Waals surface area contributed by atoms with Gasteiger partial charge >= 0.3 is 5.69 Å². The monoisotopic (exact) mass is 394 g/mol. The van der Waals surface area contributed by atoms with Crippen molar-refractivity contribution in [2.24, 2.45) is 14.1 Å². The van der Waals surface area contributed by atoms with Crippen LogP contribution in [0.4, 0.5) is 0 Å².